The van der Waals surface area contributed by atoms with Gasteiger partial charge in [-0.15, -0.1) is 0 Å². The Balaban J connectivity index is 2.44. The average Bonchev–Trinajstić information content (AvgIpc) is 2.59. The van der Waals surface area contributed by atoms with Crippen LogP contribution in [0.4, 0.5) is 0 Å². The fraction of sp³-hybridized carbons (Fsp3) is 0.300. The van der Waals surface area contributed by atoms with Gasteiger partial charge in [0.15, 0.2) is 0 Å². The zero-order valence-corrected chi connectivity index (χ0v) is 7.12. The Hall–Kier alpha value is -1.37. The van der Waals surface area contributed by atoms with Crippen LogP contribution in [-0.4, -0.2) is 11.7 Å². The summed E-state index contributed by atoms with van der Waals surface area (Å²) in [5.41, 5.74) is 2.89. The molecule has 1 heterocycles. The van der Waals surface area contributed by atoms with Crippen LogP contribution in [0.15, 0.2) is 18.2 Å². The van der Waals surface area contributed by atoms with E-state index in [0.29, 0.717) is 5.56 Å². The van der Waals surface area contributed by atoms with E-state index in [-0.39, 0.29) is 12.6 Å². The minimum absolute atomic E-state index is 0.00306. The van der Waals surface area contributed by atoms with Crippen LogP contribution in [0.5, 0.6) is 0 Å². The first-order valence-corrected chi connectivity index (χ1v) is 4.22. The molecular formula is C10H10N2O. The Morgan fingerprint density at radius 2 is 2.46 bits per heavy atom. The smallest absolute Gasteiger partial charge is 0.0991 e. The van der Waals surface area contributed by atoms with Crippen molar-refractivity contribution in [3.05, 3.63) is 34.9 Å². The van der Waals surface area contributed by atoms with Crippen LogP contribution < -0.4 is 5.32 Å². The van der Waals surface area contributed by atoms with Gasteiger partial charge >= 0.3 is 0 Å². The molecule has 3 nitrogen and oxygen atoms in total. The van der Waals surface area contributed by atoms with Gasteiger partial charge in [0.1, 0.15) is 0 Å². The van der Waals surface area contributed by atoms with Crippen molar-refractivity contribution in [2.45, 2.75) is 12.6 Å². The number of benzene rings is 1. The SMILES string of the molecule is N#Cc1ccc2c(c1)[C@@H](CO)NC2. The number of fused-ring (bicyclic) bond motifs is 1. The van der Waals surface area contributed by atoms with Crippen molar-refractivity contribution in [2.75, 3.05) is 6.61 Å². The molecule has 0 radical (unpaired) electrons. The largest absolute Gasteiger partial charge is 0.394 e. The zero-order chi connectivity index (χ0) is 9.26. The molecule has 1 atom stereocenters. The summed E-state index contributed by atoms with van der Waals surface area (Å²) >= 11 is 0. The fourth-order valence-electron chi connectivity index (χ4n) is 1.66. The Morgan fingerprint density at radius 3 is 3.15 bits per heavy atom. The standard InChI is InChI=1S/C10H10N2O/c11-4-7-1-2-8-5-12-10(6-13)9(8)3-7/h1-3,10,12-13H,5-6H2/t10-/m1/s1. The van der Waals surface area contributed by atoms with Gasteiger partial charge in [0.25, 0.3) is 0 Å². The van der Waals surface area contributed by atoms with Crippen LogP contribution in [0.25, 0.3) is 0 Å². The maximum atomic E-state index is 9.03. The third-order valence-electron chi connectivity index (χ3n) is 2.37. The number of aliphatic hydroxyl groups is 1. The van der Waals surface area contributed by atoms with E-state index in [1.165, 1.54) is 5.56 Å². The summed E-state index contributed by atoms with van der Waals surface area (Å²) in [4.78, 5) is 0. The van der Waals surface area contributed by atoms with E-state index in [9.17, 15) is 0 Å². The molecule has 0 aliphatic carbocycles. The second kappa shape index (κ2) is 3.17. The molecule has 0 bridgehead atoms. The lowest BCUT2D eigenvalue weighted by Crippen LogP contribution is -2.15. The number of nitrogens with zero attached hydrogens (tertiary/aromatic N) is 1. The molecule has 3 heteroatoms. The number of nitriles is 1. The molecule has 1 aliphatic heterocycles. The van der Waals surface area contributed by atoms with E-state index < -0.39 is 0 Å². The second-order valence-electron chi connectivity index (χ2n) is 3.14. The lowest BCUT2D eigenvalue weighted by molar-refractivity contribution is 0.251. The van der Waals surface area contributed by atoms with E-state index >= 15 is 0 Å². The molecule has 1 aromatic carbocycles. The summed E-state index contributed by atoms with van der Waals surface area (Å²) in [7, 11) is 0. The molecule has 0 aromatic heterocycles. The lowest BCUT2D eigenvalue weighted by Gasteiger charge is -2.07. The van der Waals surface area contributed by atoms with Crippen LogP contribution in [0.1, 0.15) is 22.7 Å². The Morgan fingerprint density at radius 1 is 1.62 bits per heavy atom. The van der Waals surface area contributed by atoms with E-state index in [4.69, 9.17) is 10.4 Å². The van der Waals surface area contributed by atoms with Crippen LogP contribution in [-0.2, 0) is 6.54 Å². The minimum atomic E-state index is 0.00306. The Labute approximate surface area is 76.6 Å². The quantitative estimate of drug-likeness (QED) is 0.658. The van der Waals surface area contributed by atoms with E-state index in [1.807, 2.05) is 12.1 Å². The number of hydrogen-bond donors (Lipinski definition) is 2. The fourth-order valence-corrected chi connectivity index (χ4v) is 1.66. The van der Waals surface area contributed by atoms with Crippen molar-refractivity contribution >= 4 is 0 Å². The van der Waals surface area contributed by atoms with Gasteiger partial charge in [-0.25, -0.2) is 0 Å². The number of hydrogen-bond acceptors (Lipinski definition) is 3. The van der Waals surface area contributed by atoms with Crippen molar-refractivity contribution in [1.82, 2.24) is 5.32 Å². The highest BCUT2D eigenvalue weighted by Gasteiger charge is 2.20. The molecule has 0 fully saturated rings. The monoisotopic (exact) mass is 174 g/mol. The van der Waals surface area contributed by atoms with Crippen molar-refractivity contribution in [3.63, 3.8) is 0 Å². The van der Waals surface area contributed by atoms with Crippen molar-refractivity contribution in [3.8, 4) is 6.07 Å². The predicted octanol–water partition coefficient (Wildman–Crippen LogP) is 0.695. The normalized spacial score (nSPS) is 19.5. The third-order valence-corrected chi connectivity index (χ3v) is 2.37. The number of aliphatic hydroxyl groups excluding tert-OH is 1. The maximum Gasteiger partial charge on any atom is 0.0991 e. The first-order chi connectivity index (χ1) is 6.35. The molecule has 0 saturated carbocycles. The summed E-state index contributed by atoms with van der Waals surface area (Å²) in [6.07, 6.45) is 0. The van der Waals surface area contributed by atoms with Gasteiger partial charge in [0, 0.05) is 6.54 Å². The highest BCUT2D eigenvalue weighted by atomic mass is 16.3. The first kappa shape index (κ1) is 8.24. The highest BCUT2D eigenvalue weighted by molar-refractivity contribution is 5.42. The van der Waals surface area contributed by atoms with Gasteiger partial charge < -0.3 is 10.4 Å². The number of rotatable bonds is 1. The van der Waals surface area contributed by atoms with Gasteiger partial charge in [-0.05, 0) is 23.3 Å². The predicted molar refractivity (Wildman–Crippen MR) is 47.8 cm³/mol. The van der Waals surface area contributed by atoms with Crippen LogP contribution >= 0.6 is 0 Å². The van der Waals surface area contributed by atoms with Crippen LogP contribution in [0.2, 0.25) is 0 Å². The van der Waals surface area contributed by atoms with Crippen LogP contribution in [0, 0.1) is 11.3 Å². The maximum absolute atomic E-state index is 9.03. The molecule has 0 spiro atoms. The minimum Gasteiger partial charge on any atom is -0.394 e. The molecule has 2 rings (SSSR count). The summed E-state index contributed by atoms with van der Waals surface area (Å²) < 4.78 is 0. The topological polar surface area (TPSA) is 56.0 Å². The molecule has 0 saturated heterocycles. The number of nitrogens with one attached hydrogen (secondary N) is 1. The summed E-state index contributed by atoms with van der Waals surface area (Å²) in [5.74, 6) is 0. The molecule has 1 aliphatic rings. The van der Waals surface area contributed by atoms with Crippen molar-refractivity contribution < 1.29 is 5.11 Å². The van der Waals surface area contributed by atoms with Gasteiger partial charge in [-0.2, -0.15) is 5.26 Å². The first-order valence-electron chi connectivity index (χ1n) is 4.22. The Bertz CT molecular complexity index is 368. The van der Waals surface area contributed by atoms with Crippen molar-refractivity contribution in [1.29, 1.82) is 5.26 Å². The van der Waals surface area contributed by atoms with Gasteiger partial charge in [-0.3, -0.25) is 0 Å². The molecule has 1 aromatic rings. The highest BCUT2D eigenvalue weighted by Crippen LogP contribution is 2.25. The third kappa shape index (κ3) is 1.31. The lowest BCUT2D eigenvalue weighted by atomic mass is 10.0. The van der Waals surface area contributed by atoms with E-state index in [1.54, 1.807) is 6.07 Å². The molecule has 13 heavy (non-hydrogen) atoms. The van der Waals surface area contributed by atoms with Gasteiger partial charge in [0.2, 0.25) is 0 Å². The summed E-state index contributed by atoms with van der Waals surface area (Å²) in [6.45, 7) is 0.869. The zero-order valence-electron chi connectivity index (χ0n) is 7.12. The van der Waals surface area contributed by atoms with Crippen molar-refractivity contribution in [2.24, 2.45) is 0 Å². The summed E-state index contributed by atoms with van der Waals surface area (Å²) in [6, 6.07) is 7.69. The average molecular weight is 174 g/mol. The summed E-state index contributed by atoms with van der Waals surface area (Å²) in [5, 5.41) is 20.9. The van der Waals surface area contributed by atoms with E-state index in [0.717, 1.165) is 12.1 Å². The van der Waals surface area contributed by atoms with Gasteiger partial charge in [-0.1, -0.05) is 6.07 Å². The molecular weight excluding hydrogens is 164 g/mol. The second-order valence-corrected chi connectivity index (χ2v) is 3.14. The van der Waals surface area contributed by atoms with Gasteiger partial charge in [0.05, 0.1) is 24.3 Å². The molecule has 2 N–H and O–H groups in total. The molecule has 0 unspecified atom stereocenters. The van der Waals surface area contributed by atoms with E-state index in [2.05, 4.69) is 11.4 Å². The molecule has 66 valence electrons. The van der Waals surface area contributed by atoms with Crippen LogP contribution in [0.3, 0.4) is 0 Å². The Kier molecular flexibility index (Phi) is 2.01. The molecule has 0 amide bonds.